The quantitative estimate of drug-likeness (QED) is 0.807. The molecular weight excluding hydrogens is 274 g/mol. The summed E-state index contributed by atoms with van der Waals surface area (Å²) in [5, 5.41) is 0.651. The Morgan fingerprint density at radius 2 is 1.86 bits per heavy atom. The van der Waals surface area contributed by atoms with Crippen molar-refractivity contribution in [2.24, 2.45) is 5.73 Å². The number of aromatic nitrogens is 2. The molecule has 4 heteroatoms. The highest BCUT2D eigenvalue weighted by Crippen LogP contribution is 2.20. The van der Waals surface area contributed by atoms with E-state index < -0.39 is 0 Å². The normalized spacial score (nSPS) is 12.5. The van der Waals surface area contributed by atoms with Crippen LogP contribution < -0.4 is 11.3 Å². The highest BCUT2D eigenvalue weighted by atomic mass is 16.1. The van der Waals surface area contributed by atoms with E-state index in [0.717, 1.165) is 17.7 Å². The molecule has 0 spiro atoms. The van der Waals surface area contributed by atoms with Gasteiger partial charge in [-0.1, -0.05) is 37.3 Å². The first kappa shape index (κ1) is 14.5. The van der Waals surface area contributed by atoms with Crippen molar-refractivity contribution in [3.63, 3.8) is 0 Å². The van der Waals surface area contributed by atoms with Crippen molar-refractivity contribution in [3.8, 4) is 5.69 Å². The number of nitrogens with zero attached hydrogens (tertiary/aromatic N) is 2. The number of rotatable bonds is 3. The molecule has 3 aromatic rings. The van der Waals surface area contributed by atoms with Crippen molar-refractivity contribution >= 4 is 10.9 Å². The number of nitrogens with two attached hydrogens (primary N) is 1. The largest absolute Gasteiger partial charge is 0.321 e. The average Bonchev–Trinajstić information content (AvgIpc) is 2.54. The van der Waals surface area contributed by atoms with E-state index in [2.05, 4.69) is 4.98 Å². The lowest BCUT2D eigenvalue weighted by Gasteiger charge is -2.18. The fourth-order valence-electron chi connectivity index (χ4n) is 2.67. The van der Waals surface area contributed by atoms with Gasteiger partial charge in [0.15, 0.2) is 0 Å². The fraction of sp³-hybridized carbons (Fsp3) is 0.222. The Morgan fingerprint density at radius 1 is 1.14 bits per heavy atom. The second kappa shape index (κ2) is 5.73. The van der Waals surface area contributed by atoms with Crippen LogP contribution in [0, 0.1) is 6.92 Å². The zero-order valence-electron chi connectivity index (χ0n) is 12.8. The molecule has 0 unspecified atom stereocenters. The zero-order chi connectivity index (χ0) is 15.7. The van der Waals surface area contributed by atoms with Crippen LogP contribution in [0.5, 0.6) is 0 Å². The highest BCUT2D eigenvalue weighted by Gasteiger charge is 2.17. The molecule has 2 N–H and O–H groups in total. The predicted octanol–water partition coefficient (Wildman–Crippen LogP) is 3.10. The third-order valence-electron chi connectivity index (χ3n) is 3.92. The minimum absolute atomic E-state index is 0.0619. The van der Waals surface area contributed by atoms with Gasteiger partial charge in [-0.2, -0.15) is 0 Å². The van der Waals surface area contributed by atoms with Gasteiger partial charge in [-0.15, -0.1) is 0 Å². The summed E-state index contributed by atoms with van der Waals surface area (Å²) in [6.45, 7) is 3.92. The third-order valence-corrected chi connectivity index (χ3v) is 3.92. The van der Waals surface area contributed by atoms with E-state index in [4.69, 9.17) is 5.73 Å². The van der Waals surface area contributed by atoms with E-state index in [-0.39, 0.29) is 11.6 Å². The van der Waals surface area contributed by atoms with Gasteiger partial charge >= 0.3 is 0 Å². The molecule has 0 radical (unpaired) electrons. The van der Waals surface area contributed by atoms with Gasteiger partial charge in [-0.05, 0) is 37.1 Å². The molecule has 1 atom stereocenters. The van der Waals surface area contributed by atoms with E-state index in [1.54, 1.807) is 4.57 Å². The Hall–Kier alpha value is -2.46. The molecule has 0 saturated heterocycles. The second-order valence-corrected chi connectivity index (χ2v) is 5.43. The highest BCUT2D eigenvalue weighted by molar-refractivity contribution is 5.81. The first-order chi connectivity index (χ1) is 10.6. The lowest BCUT2D eigenvalue weighted by atomic mass is 10.1. The van der Waals surface area contributed by atoms with Crippen LogP contribution in [0.15, 0.2) is 53.3 Å². The van der Waals surface area contributed by atoms with E-state index in [1.807, 2.05) is 62.4 Å². The number of fused-ring (bicyclic) bond motifs is 1. The van der Waals surface area contributed by atoms with E-state index in [0.29, 0.717) is 16.7 Å². The summed E-state index contributed by atoms with van der Waals surface area (Å²) >= 11 is 0. The SMILES string of the molecule is CC[C@H](N)c1nc2cccc(C)c2c(=O)n1-c1ccccc1. The van der Waals surface area contributed by atoms with E-state index in [1.165, 1.54) is 0 Å². The van der Waals surface area contributed by atoms with Gasteiger partial charge in [0.05, 0.1) is 22.6 Å². The molecule has 1 aromatic heterocycles. The van der Waals surface area contributed by atoms with E-state index >= 15 is 0 Å². The predicted molar refractivity (Wildman–Crippen MR) is 89.3 cm³/mol. The zero-order valence-corrected chi connectivity index (χ0v) is 12.8. The van der Waals surface area contributed by atoms with Crippen LogP contribution in [-0.4, -0.2) is 9.55 Å². The molecule has 4 nitrogen and oxygen atoms in total. The van der Waals surface area contributed by atoms with Crippen molar-refractivity contribution in [1.82, 2.24) is 9.55 Å². The summed E-state index contributed by atoms with van der Waals surface area (Å²) in [5.41, 5.74) is 8.57. The number of benzene rings is 2. The standard InChI is InChI=1S/C18H19N3O/c1-3-14(19)17-20-15-11-7-8-12(2)16(15)18(22)21(17)13-9-5-4-6-10-13/h4-11,14H,3,19H2,1-2H3/t14-/m0/s1. The Morgan fingerprint density at radius 3 is 2.55 bits per heavy atom. The van der Waals surface area contributed by atoms with Crippen LogP contribution in [0.1, 0.15) is 30.8 Å². The molecule has 0 aliphatic rings. The van der Waals surface area contributed by atoms with Crippen LogP contribution in [0.4, 0.5) is 0 Å². The van der Waals surface area contributed by atoms with Crippen LogP contribution in [0.25, 0.3) is 16.6 Å². The maximum atomic E-state index is 13.1. The molecule has 0 aliphatic carbocycles. The molecule has 0 saturated carbocycles. The summed E-state index contributed by atoms with van der Waals surface area (Å²) in [6, 6.07) is 15.0. The van der Waals surface area contributed by atoms with Gasteiger partial charge in [0.1, 0.15) is 5.82 Å². The van der Waals surface area contributed by atoms with Crippen LogP contribution in [0.2, 0.25) is 0 Å². The van der Waals surface area contributed by atoms with Crippen molar-refractivity contribution < 1.29 is 0 Å². The lowest BCUT2D eigenvalue weighted by molar-refractivity contribution is 0.623. The van der Waals surface area contributed by atoms with Gasteiger partial charge in [-0.25, -0.2) is 4.98 Å². The van der Waals surface area contributed by atoms with Gasteiger partial charge < -0.3 is 5.73 Å². The number of hydrogen-bond acceptors (Lipinski definition) is 3. The molecule has 0 amide bonds. The Bertz CT molecular complexity index is 869. The summed E-state index contributed by atoms with van der Waals surface area (Å²) in [4.78, 5) is 17.7. The molecule has 0 bridgehead atoms. The molecule has 1 heterocycles. The molecule has 112 valence electrons. The smallest absolute Gasteiger partial charge is 0.266 e. The maximum absolute atomic E-state index is 13.1. The Kier molecular flexibility index (Phi) is 3.77. The minimum Gasteiger partial charge on any atom is -0.321 e. The molecule has 22 heavy (non-hydrogen) atoms. The molecule has 0 fully saturated rings. The molecule has 3 rings (SSSR count). The molecule has 0 aliphatic heterocycles. The van der Waals surface area contributed by atoms with Gasteiger partial charge in [-0.3, -0.25) is 9.36 Å². The summed E-state index contributed by atoms with van der Waals surface area (Å²) < 4.78 is 1.64. The van der Waals surface area contributed by atoms with Crippen molar-refractivity contribution in [1.29, 1.82) is 0 Å². The van der Waals surface area contributed by atoms with E-state index in [9.17, 15) is 4.79 Å². The van der Waals surface area contributed by atoms with Crippen LogP contribution in [0.3, 0.4) is 0 Å². The average molecular weight is 293 g/mol. The monoisotopic (exact) mass is 293 g/mol. The van der Waals surface area contributed by atoms with Gasteiger partial charge in [0.25, 0.3) is 5.56 Å². The first-order valence-electron chi connectivity index (χ1n) is 7.46. The first-order valence-corrected chi connectivity index (χ1v) is 7.46. The number of aryl methyl sites for hydroxylation is 1. The lowest BCUT2D eigenvalue weighted by Crippen LogP contribution is -2.28. The van der Waals surface area contributed by atoms with Crippen LogP contribution >= 0.6 is 0 Å². The topological polar surface area (TPSA) is 60.9 Å². The second-order valence-electron chi connectivity index (χ2n) is 5.43. The summed E-state index contributed by atoms with van der Waals surface area (Å²) in [5.74, 6) is 0.608. The third kappa shape index (κ3) is 2.31. The van der Waals surface area contributed by atoms with Gasteiger partial charge in [0, 0.05) is 0 Å². The minimum atomic E-state index is -0.280. The fourth-order valence-corrected chi connectivity index (χ4v) is 2.67. The number of para-hydroxylation sites is 1. The molecular formula is C18H19N3O. The summed E-state index contributed by atoms with van der Waals surface area (Å²) in [7, 11) is 0. The number of hydrogen-bond donors (Lipinski definition) is 1. The van der Waals surface area contributed by atoms with Crippen molar-refractivity contribution in [3.05, 3.63) is 70.3 Å². The Labute approximate surface area is 129 Å². The van der Waals surface area contributed by atoms with Crippen molar-refractivity contribution in [2.75, 3.05) is 0 Å². The van der Waals surface area contributed by atoms with Gasteiger partial charge in [0.2, 0.25) is 0 Å². The van der Waals surface area contributed by atoms with Crippen LogP contribution in [-0.2, 0) is 0 Å². The molecule has 2 aromatic carbocycles. The Balaban J connectivity index is 2.44. The maximum Gasteiger partial charge on any atom is 0.266 e. The van der Waals surface area contributed by atoms with Crippen molar-refractivity contribution in [2.45, 2.75) is 26.3 Å². The summed E-state index contributed by atoms with van der Waals surface area (Å²) in [6.07, 6.45) is 0.719.